The van der Waals surface area contributed by atoms with Gasteiger partial charge in [0.15, 0.2) is 6.61 Å². The maximum absolute atomic E-state index is 13.1. The Balaban J connectivity index is 1.59. The fourth-order valence-corrected chi connectivity index (χ4v) is 4.91. The molecule has 0 saturated heterocycles. The second-order valence-corrected chi connectivity index (χ2v) is 9.27. The molecule has 6 heteroatoms. The van der Waals surface area contributed by atoms with Crippen molar-refractivity contribution in [3.05, 3.63) is 35.4 Å². The lowest BCUT2D eigenvalue weighted by Gasteiger charge is -2.34. The predicted octanol–water partition coefficient (Wildman–Crippen LogP) is 4.19. The summed E-state index contributed by atoms with van der Waals surface area (Å²) >= 11 is 0. The number of benzene rings is 1. The highest BCUT2D eigenvalue weighted by Gasteiger charge is 2.29. The maximum atomic E-state index is 13.1. The molecular weight excluding hydrogens is 392 g/mol. The number of carbonyl (C=O) groups excluding carboxylic acids is 3. The molecule has 1 aromatic rings. The lowest BCUT2D eigenvalue weighted by atomic mass is 9.78. The maximum Gasteiger partial charge on any atom is 0.339 e. The molecule has 3 rings (SSSR count). The van der Waals surface area contributed by atoms with Crippen LogP contribution < -0.4 is 5.32 Å². The number of hydrogen-bond donors (Lipinski definition) is 1. The Morgan fingerprint density at radius 1 is 0.968 bits per heavy atom. The van der Waals surface area contributed by atoms with Gasteiger partial charge in [0, 0.05) is 19.1 Å². The third-order valence-corrected chi connectivity index (χ3v) is 7.21. The van der Waals surface area contributed by atoms with E-state index in [2.05, 4.69) is 19.2 Å². The minimum Gasteiger partial charge on any atom is -0.452 e. The van der Waals surface area contributed by atoms with E-state index >= 15 is 0 Å². The van der Waals surface area contributed by atoms with Crippen LogP contribution in [0.3, 0.4) is 0 Å². The molecule has 3 atom stereocenters. The number of rotatable bonds is 6. The van der Waals surface area contributed by atoms with Gasteiger partial charge in [0.2, 0.25) is 0 Å². The first-order valence-corrected chi connectivity index (χ1v) is 11.7. The van der Waals surface area contributed by atoms with Gasteiger partial charge in [-0.3, -0.25) is 9.59 Å². The summed E-state index contributed by atoms with van der Waals surface area (Å²) in [5.74, 6) is -0.125. The number of amides is 2. The lowest BCUT2D eigenvalue weighted by Crippen LogP contribution is -2.45. The summed E-state index contributed by atoms with van der Waals surface area (Å²) in [6.45, 7) is 4.03. The third kappa shape index (κ3) is 5.86. The highest BCUT2D eigenvalue weighted by Crippen LogP contribution is 2.29. The molecular formula is C25H36N2O4. The van der Waals surface area contributed by atoms with E-state index in [0.29, 0.717) is 17.4 Å². The van der Waals surface area contributed by atoms with Crippen LogP contribution in [0.2, 0.25) is 0 Å². The van der Waals surface area contributed by atoms with Crippen LogP contribution in [0.1, 0.15) is 85.9 Å². The summed E-state index contributed by atoms with van der Waals surface area (Å²) in [5, 5.41) is 3.01. The van der Waals surface area contributed by atoms with Gasteiger partial charge >= 0.3 is 5.97 Å². The molecule has 2 amide bonds. The molecule has 2 aliphatic rings. The van der Waals surface area contributed by atoms with E-state index in [-0.39, 0.29) is 36.1 Å². The standard InChI is InChI=1S/C25H36N2O4/c1-17-10-9-15-22(18(17)2)26-23(28)16-31-25(30)21-14-8-7-13-20(21)24(29)27(3)19-11-5-4-6-12-19/h7-8,13-14,17-19,22H,4-6,9-12,15-16H2,1-3H3,(H,26,28)/t17-,18-,22-/m1/s1. The molecule has 0 aromatic heterocycles. The van der Waals surface area contributed by atoms with Crippen molar-refractivity contribution in [3.8, 4) is 0 Å². The van der Waals surface area contributed by atoms with Crippen LogP contribution >= 0.6 is 0 Å². The number of ether oxygens (including phenoxy) is 1. The van der Waals surface area contributed by atoms with E-state index < -0.39 is 5.97 Å². The van der Waals surface area contributed by atoms with Crippen LogP contribution in [0, 0.1) is 11.8 Å². The summed E-state index contributed by atoms with van der Waals surface area (Å²) in [5.41, 5.74) is 0.540. The zero-order valence-electron chi connectivity index (χ0n) is 19.1. The smallest absolute Gasteiger partial charge is 0.339 e. The van der Waals surface area contributed by atoms with Gasteiger partial charge in [0.1, 0.15) is 0 Å². The molecule has 0 radical (unpaired) electrons. The van der Waals surface area contributed by atoms with Crippen molar-refractivity contribution >= 4 is 17.8 Å². The highest BCUT2D eigenvalue weighted by atomic mass is 16.5. The average Bonchev–Trinajstić information content (AvgIpc) is 2.80. The van der Waals surface area contributed by atoms with Crippen molar-refractivity contribution in [2.24, 2.45) is 11.8 Å². The largest absolute Gasteiger partial charge is 0.452 e. The van der Waals surface area contributed by atoms with Crippen LogP contribution in [0.25, 0.3) is 0 Å². The molecule has 0 heterocycles. The second-order valence-electron chi connectivity index (χ2n) is 9.27. The monoisotopic (exact) mass is 428 g/mol. The molecule has 0 unspecified atom stereocenters. The van der Waals surface area contributed by atoms with Crippen LogP contribution in [-0.4, -0.2) is 48.4 Å². The summed E-state index contributed by atoms with van der Waals surface area (Å²) in [6.07, 6.45) is 8.68. The van der Waals surface area contributed by atoms with Gasteiger partial charge in [-0.25, -0.2) is 4.79 Å². The number of nitrogens with one attached hydrogen (secondary N) is 1. The first-order chi connectivity index (χ1) is 14.9. The number of carbonyl (C=O) groups is 3. The van der Waals surface area contributed by atoms with Crippen molar-refractivity contribution in [1.82, 2.24) is 10.2 Å². The first-order valence-electron chi connectivity index (χ1n) is 11.7. The van der Waals surface area contributed by atoms with E-state index in [1.807, 2.05) is 0 Å². The Labute approximate surface area is 185 Å². The number of nitrogens with zero attached hydrogens (tertiary/aromatic N) is 1. The number of esters is 1. The van der Waals surface area contributed by atoms with Crippen LogP contribution in [0.15, 0.2) is 24.3 Å². The molecule has 0 bridgehead atoms. The van der Waals surface area contributed by atoms with Gasteiger partial charge in [-0.05, 0) is 43.2 Å². The molecule has 0 aliphatic heterocycles. The molecule has 1 aromatic carbocycles. The van der Waals surface area contributed by atoms with E-state index in [0.717, 1.165) is 38.5 Å². The van der Waals surface area contributed by atoms with Crippen LogP contribution in [0.4, 0.5) is 0 Å². The molecule has 1 N–H and O–H groups in total. The molecule has 2 saturated carbocycles. The van der Waals surface area contributed by atoms with E-state index in [1.54, 1.807) is 36.2 Å². The normalized spacial score (nSPS) is 24.3. The zero-order chi connectivity index (χ0) is 22.4. The minimum absolute atomic E-state index is 0.118. The topological polar surface area (TPSA) is 75.7 Å². The van der Waals surface area contributed by atoms with Crippen LogP contribution in [-0.2, 0) is 9.53 Å². The Bertz CT molecular complexity index is 787. The Hall–Kier alpha value is -2.37. The zero-order valence-corrected chi connectivity index (χ0v) is 19.1. The lowest BCUT2D eigenvalue weighted by molar-refractivity contribution is -0.125. The van der Waals surface area contributed by atoms with Gasteiger partial charge in [-0.1, -0.05) is 58.1 Å². The summed E-state index contributed by atoms with van der Waals surface area (Å²) in [7, 11) is 1.81. The van der Waals surface area contributed by atoms with Crippen molar-refractivity contribution in [2.75, 3.05) is 13.7 Å². The first kappa shape index (κ1) is 23.3. The third-order valence-electron chi connectivity index (χ3n) is 7.21. The summed E-state index contributed by atoms with van der Waals surface area (Å²) < 4.78 is 5.29. The van der Waals surface area contributed by atoms with E-state index in [1.165, 1.54) is 12.8 Å². The number of hydrogen-bond acceptors (Lipinski definition) is 4. The Kier molecular flexibility index (Phi) is 8.10. The molecule has 2 fully saturated rings. The predicted molar refractivity (Wildman–Crippen MR) is 120 cm³/mol. The van der Waals surface area contributed by atoms with Crippen molar-refractivity contribution in [1.29, 1.82) is 0 Å². The van der Waals surface area contributed by atoms with Gasteiger partial charge < -0.3 is 15.0 Å². The minimum atomic E-state index is -0.638. The van der Waals surface area contributed by atoms with Gasteiger partial charge in [-0.15, -0.1) is 0 Å². The van der Waals surface area contributed by atoms with E-state index in [4.69, 9.17) is 4.74 Å². The molecule has 170 valence electrons. The van der Waals surface area contributed by atoms with Crippen molar-refractivity contribution in [2.45, 2.75) is 77.3 Å². The molecule has 31 heavy (non-hydrogen) atoms. The highest BCUT2D eigenvalue weighted by molar-refractivity contribution is 6.05. The molecule has 2 aliphatic carbocycles. The SMILES string of the molecule is C[C@@H]1[C@H](C)CCC[C@H]1NC(=O)COC(=O)c1ccccc1C(=O)N(C)C1CCCCC1. The Morgan fingerprint density at radius 3 is 2.35 bits per heavy atom. The average molecular weight is 429 g/mol. The van der Waals surface area contributed by atoms with Crippen molar-refractivity contribution < 1.29 is 19.1 Å². The Morgan fingerprint density at radius 2 is 1.65 bits per heavy atom. The fourth-order valence-electron chi connectivity index (χ4n) is 4.91. The summed E-state index contributed by atoms with van der Waals surface area (Å²) in [6, 6.07) is 7.02. The van der Waals surface area contributed by atoms with Gasteiger partial charge in [0.05, 0.1) is 11.1 Å². The summed E-state index contributed by atoms with van der Waals surface area (Å²) in [4.78, 5) is 39.9. The fraction of sp³-hybridized carbons (Fsp3) is 0.640. The van der Waals surface area contributed by atoms with Crippen LogP contribution in [0.5, 0.6) is 0 Å². The molecule has 6 nitrogen and oxygen atoms in total. The second kappa shape index (κ2) is 10.8. The van der Waals surface area contributed by atoms with Gasteiger partial charge in [-0.2, -0.15) is 0 Å². The molecule has 0 spiro atoms. The van der Waals surface area contributed by atoms with Gasteiger partial charge in [0.25, 0.3) is 11.8 Å². The quantitative estimate of drug-likeness (QED) is 0.690. The van der Waals surface area contributed by atoms with Crippen molar-refractivity contribution in [3.63, 3.8) is 0 Å². The van der Waals surface area contributed by atoms with E-state index in [9.17, 15) is 14.4 Å².